The molecule has 25 heteroatoms. The zero-order valence-electron chi connectivity index (χ0n) is 40.1. The maximum Gasteiger partial charge on any atom is 0.471 e. The molecule has 1 unspecified atom stereocenters. The van der Waals surface area contributed by atoms with Crippen LogP contribution >= 0.6 is 7.82 Å². The average Bonchev–Trinajstić information content (AvgIpc) is 3.65. The summed E-state index contributed by atoms with van der Waals surface area (Å²) in [5.74, 6) is -1.14. The van der Waals surface area contributed by atoms with Crippen molar-refractivity contribution < 1.29 is 99.3 Å². The van der Waals surface area contributed by atoms with E-state index in [4.69, 9.17) is 71.0 Å². The van der Waals surface area contributed by atoms with Crippen molar-refractivity contribution in [2.24, 2.45) is 0 Å². The highest BCUT2D eigenvalue weighted by atomic mass is 31.2. The quantitative estimate of drug-likeness (QED) is 0.0424. The van der Waals surface area contributed by atoms with Crippen LogP contribution in [0.2, 0.25) is 0 Å². The van der Waals surface area contributed by atoms with Crippen molar-refractivity contribution in [2.45, 2.75) is 38.5 Å². The van der Waals surface area contributed by atoms with E-state index in [2.05, 4.69) is 15.2 Å². The summed E-state index contributed by atoms with van der Waals surface area (Å²) in [7, 11) is -2.78. The lowest BCUT2D eigenvalue weighted by atomic mass is 10.2. The smallest absolute Gasteiger partial charge is 0.379 e. The highest BCUT2D eigenvalue weighted by Gasteiger charge is 2.23. The molecule has 0 fully saturated rings. The van der Waals surface area contributed by atoms with Crippen LogP contribution in [0.4, 0.5) is 0 Å². The third kappa shape index (κ3) is 43.4. The third-order valence-electron chi connectivity index (χ3n) is 8.85. The minimum Gasteiger partial charge on any atom is -0.379 e. The van der Waals surface area contributed by atoms with Crippen molar-refractivity contribution in [3.63, 3.8) is 0 Å². The molecule has 3 N–H and O–H groups in total. The van der Waals surface area contributed by atoms with Gasteiger partial charge >= 0.3 is 7.82 Å². The Hall–Kier alpha value is -2.59. The minimum absolute atomic E-state index is 0.0440. The van der Waals surface area contributed by atoms with Gasteiger partial charge in [-0.25, -0.2) is 4.57 Å². The second-order valence-electron chi connectivity index (χ2n) is 14.2. The molecule has 24 nitrogen and oxygen atoms in total. The van der Waals surface area contributed by atoms with E-state index in [1.165, 1.54) is 12.2 Å². The molecule has 1 heterocycles. The molecule has 0 bridgehead atoms. The molecule has 0 saturated carbocycles. The van der Waals surface area contributed by atoms with Gasteiger partial charge in [0.2, 0.25) is 11.8 Å². The third-order valence-corrected chi connectivity index (χ3v) is 9.82. The predicted molar refractivity (Wildman–Crippen MR) is 243 cm³/mol. The van der Waals surface area contributed by atoms with Gasteiger partial charge in [-0.15, -0.1) is 0 Å². The maximum atomic E-state index is 11.9. The van der Waals surface area contributed by atoms with Gasteiger partial charge in [0.05, 0.1) is 178 Å². The van der Waals surface area contributed by atoms with Gasteiger partial charge < -0.3 is 77.1 Å². The second kappa shape index (κ2) is 48.1. The van der Waals surface area contributed by atoms with Crippen molar-refractivity contribution in [3.8, 4) is 0 Å². The Labute approximate surface area is 401 Å². The molecule has 0 spiro atoms. The number of rotatable bonds is 54. The standard InChI is InChI=1S/C43H80N3O21P/c1-53-68(51,52)67-13-5-3-2-4-10-44-41(48)9-14-54-16-18-56-20-22-58-24-26-60-28-30-62-32-34-64-36-38-66-39-37-65-35-33-63-31-29-61-27-25-59-23-21-57-19-17-55-15-11-45-40(47)8-12-46-42(49)6-7-43(46)50/h6-7H,2-5,8-39H2,1H3,(H,44,48)(H,45,47)(H,51,52). The normalized spacial score (nSPS) is 13.5. The van der Waals surface area contributed by atoms with E-state index < -0.39 is 19.6 Å². The van der Waals surface area contributed by atoms with Crippen LogP contribution in [0.5, 0.6) is 0 Å². The number of phosphoric acid groups is 1. The van der Waals surface area contributed by atoms with E-state index in [9.17, 15) is 23.7 Å². The number of hydrogen-bond donors (Lipinski definition) is 3. The van der Waals surface area contributed by atoms with Crippen molar-refractivity contribution in [3.05, 3.63) is 12.2 Å². The summed E-state index contributed by atoms with van der Waals surface area (Å²) in [5, 5.41) is 5.52. The number of ether oxygens (including phenoxy) is 13. The van der Waals surface area contributed by atoms with Gasteiger partial charge in [0.15, 0.2) is 0 Å². The van der Waals surface area contributed by atoms with Crippen molar-refractivity contribution >= 4 is 31.5 Å². The number of hydrogen-bond acceptors (Lipinski definition) is 20. The van der Waals surface area contributed by atoms with Crippen LogP contribution in [-0.4, -0.2) is 239 Å². The predicted octanol–water partition coefficient (Wildman–Crippen LogP) is 0.464. The average molecular weight is 1010 g/mol. The van der Waals surface area contributed by atoms with E-state index in [1.807, 2.05) is 0 Å². The molecule has 1 aliphatic heterocycles. The van der Waals surface area contributed by atoms with Crippen LogP contribution in [0, 0.1) is 0 Å². The van der Waals surface area contributed by atoms with E-state index in [-0.39, 0.29) is 37.8 Å². The van der Waals surface area contributed by atoms with Crippen LogP contribution in [0.1, 0.15) is 38.5 Å². The maximum absolute atomic E-state index is 11.9. The number of unbranched alkanes of at least 4 members (excludes halogenated alkanes) is 3. The van der Waals surface area contributed by atoms with Crippen molar-refractivity contribution in [1.82, 2.24) is 15.5 Å². The number of nitrogens with zero attached hydrogens (tertiary/aromatic N) is 1. The molecular weight excluding hydrogens is 925 g/mol. The monoisotopic (exact) mass is 1010 g/mol. The van der Waals surface area contributed by atoms with Crippen LogP contribution in [-0.2, 0) is 94.4 Å². The number of nitrogens with one attached hydrogen (secondary N) is 2. The topological polar surface area (TPSA) is 271 Å². The summed E-state index contributed by atoms with van der Waals surface area (Å²) in [6, 6.07) is 0. The zero-order valence-corrected chi connectivity index (χ0v) is 41.0. The number of carbonyl (C=O) groups is 4. The molecule has 0 aliphatic carbocycles. The molecule has 0 radical (unpaired) electrons. The number of phosphoric ester groups is 1. The fourth-order valence-corrected chi connectivity index (χ4v) is 5.72. The van der Waals surface area contributed by atoms with Gasteiger partial charge in [0.25, 0.3) is 11.8 Å². The minimum atomic E-state index is -3.90. The van der Waals surface area contributed by atoms with Crippen LogP contribution in [0.15, 0.2) is 12.2 Å². The van der Waals surface area contributed by atoms with Crippen LogP contribution in [0.3, 0.4) is 0 Å². The first-order valence-corrected chi connectivity index (χ1v) is 24.9. The molecule has 0 aromatic heterocycles. The number of imide groups is 1. The lowest BCUT2D eigenvalue weighted by Gasteiger charge is -2.13. The van der Waals surface area contributed by atoms with E-state index in [1.54, 1.807) is 0 Å². The highest BCUT2D eigenvalue weighted by molar-refractivity contribution is 7.47. The Morgan fingerprint density at radius 1 is 0.441 bits per heavy atom. The Balaban J connectivity index is 1.64. The molecule has 1 aliphatic rings. The SMILES string of the molecule is COP(=O)(O)OCCCCCCNC(=O)CCOCCOCCOCCOCCOCCOCCOCCOCCOCCOCCOCCOCCOCCNC(=O)CCN1C(=O)C=CC1=O. The Morgan fingerprint density at radius 2 is 0.750 bits per heavy atom. The molecule has 0 aromatic rings. The van der Waals surface area contributed by atoms with Crippen molar-refractivity contribution in [1.29, 1.82) is 0 Å². The summed E-state index contributed by atoms with van der Waals surface area (Å²) in [4.78, 5) is 56.8. The second-order valence-corrected chi connectivity index (χ2v) is 15.8. The van der Waals surface area contributed by atoms with Crippen molar-refractivity contribution in [2.75, 3.05) is 205 Å². The largest absolute Gasteiger partial charge is 0.471 e. The van der Waals surface area contributed by atoms with Gasteiger partial charge in [0, 0.05) is 51.7 Å². The molecule has 68 heavy (non-hydrogen) atoms. The Kier molecular flexibility index (Phi) is 44.8. The van der Waals surface area contributed by atoms with E-state index in [0.717, 1.165) is 31.3 Å². The lowest BCUT2D eigenvalue weighted by Crippen LogP contribution is -2.35. The molecule has 4 amide bonds. The first-order chi connectivity index (χ1) is 33.2. The van der Waals surface area contributed by atoms with E-state index >= 15 is 0 Å². The molecule has 398 valence electrons. The van der Waals surface area contributed by atoms with Gasteiger partial charge in [-0.05, 0) is 12.8 Å². The molecular formula is C43H80N3O21P. The Bertz CT molecular complexity index is 1290. The van der Waals surface area contributed by atoms with Gasteiger partial charge in [0.1, 0.15) is 0 Å². The number of carbonyl (C=O) groups excluding carboxylic acids is 4. The first kappa shape index (κ1) is 63.4. The summed E-state index contributed by atoms with van der Waals surface area (Å²) < 4.78 is 91.4. The summed E-state index contributed by atoms with van der Waals surface area (Å²) in [6.07, 6.45) is 5.84. The summed E-state index contributed by atoms with van der Waals surface area (Å²) >= 11 is 0. The Morgan fingerprint density at radius 3 is 1.12 bits per heavy atom. The molecule has 0 saturated heterocycles. The molecule has 1 rings (SSSR count). The highest BCUT2D eigenvalue weighted by Crippen LogP contribution is 2.41. The van der Waals surface area contributed by atoms with Gasteiger partial charge in [-0.3, -0.25) is 33.1 Å². The molecule has 0 aromatic carbocycles. The summed E-state index contributed by atoms with van der Waals surface area (Å²) in [6.45, 7) is 12.4. The zero-order chi connectivity index (χ0) is 49.3. The van der Waals surface area contributed by atoms with Crippen LogP contribution in [0.25, 0.3) is 0 Å². The van der Waals surface area contributed by atoms with Gasteiger partial charge in [-0.2, -0.15) is 0 Å². The van der Waals surface area contributed by atoms with Crippen LogP contribution < -0.4 is 10.6 Å². The summed E-state index contributed by atoms with van der Waals surface area (Å²) in [5.41, 5.74) is 0. The lowest BCUT2D eigenvalue weighted by molar-refractivity contribution is -0.137. The fourth-order valence-electron chi connectivity index (χ4n) is 5.25. The fraction of sp³-hybridized carbons (Fsp3) is 0.860. The van der Waals surface area contributed by atoms with E-state index in [0.29, 0.717) is 191 Å². The molecule has 1 atom stereocenters. The van der Waals surface area contributed by atoms with Gasteiger partial charge in [-0.1, -0.05) is 12.8 Å². The number of amides is 4. The first-order valence-electron chi connectivity index (χ1n) is 23.4.